The number of methoxy groups -OCH3 is 2. The van der Waals surface area contributed by atoms with Gasteiger partial charge in [0.25, 0.3) is 0 Å². The maximum absolute atomic E-state index is 12.1. The fourth-order valence-electron chi connectivity index (χ4n) is 3.40. The number of nitrogens with one attached hydrogen (secondary N) is 3. The Hall–Kier alpha value is -4.03. The molecule has 9 heteroatoms. The van der Waals surface area contributed by atoms with Gasteiger partial charge in [0.2, 0.25) is 11.9 Å². The van der Waals surface area contributed by atoms with Gasteiger partial charge in [-0.2, -0.15) is 5.26 Å². The second-order valence-corrected chi connectivity index (χ2v) is 8.14. The number of rotatable bonds is 13. The van der Waals surface area contributed by atoms with Crippen molar-refractivity contribution in [2.75, 3.05) is 53.3 Å². The van der Waals surface area contributed by atoms with E-state index in [1.807, 2.05) is 60.8 Å². The number of carbonyl (C=O) groups excluding carboxylic acids is 1. The van der Waals surface area contributed by atoms with Crippen molar-refractivity contribution in [1.82, 2.24) is 15.5 Å². The Kier molecular flexibility index (Phi) is 12.4. The van der Waals surface area contributed by atoms with Gasteiger partial charge in [0.1, 0.15) is 11.5 Å². The van der Waals surface area contributed by atoms with Gasteiger partial charge in [0.15, 0.2) is 6.19 Å². The first kappa shape index (κ1) is 28.2. The van der Waals surface area contributed by atoms with Crippen LogP contribution in [0.1, 0.15) is 24.0 Å². The van der Waals surface area contributed by atoms with Gasteiger partial charge in [-0.3, -0.25) is 15.1 Å². The summed E-state index contributed by atoms with van der Waals surface area (Å²) < 4.78 is 10.7. The number of hydrogen-bond donors (Lipinski definition) is 3. The highest BCUT2D eigenvalue weighted by Gasteiger charge is 2.05. The Bertz CT molecular complexity index is 1040. The van der Waals surface area contributed by atoms with Crippen molar-refractivity contribution in [1.29, 1.82) is 5.26 Å². The fraction of sp³-hybridized carbons (Fsp3) is 0.370. The third kappa shape index (κ3) is 10.5. The maximum atomic E-state index is 12.1. The van der Waals surface area contributed by atoms with Crippen molar-refractivity contribution in [2.45, 2.75) is 19.3 Å². The van der Waals surface area contributed by atoms with E-state index >= 15 is 0 Å². The molecule has 0 radical (unpaired) electrons. The van der Waals surface area contributed by atoms with Crippen molar-refractivity contribution in [2.24, 2.45) is 4.99 Å². The highest BCUT2D eigenvalue weighted by molar-refractivity contribution is 5.94. The molecule has 192 valence electrons. The number of benzene rings is 2. The molecule has 0 aromatic heterocycles. The molecule has 0 heterocycles. The van der Waals surface area contributed by atoms with E-state index in [-0.39, 0.29) is 5.91 Å². The zero-order valence-electron chi connectivity index (χ0n) is 21.5. The van der Waals surface area contributed by atoms with E-state index in [4.69, 9.17) is 14.7 Å². The van der Waals surface area contributed by atoms with E-state index in [0.717, 1.165) is 48.7 Å². The van der Waals surface area contributed by atoms with Gasteiger partial charge in [0.05, 0.1) is 14.2 Å². The average molecular weight is 493 g/mol. The van der Waals surface area contributed by atoms with Gasteiger partial charge in [-0.05, 0) is 61.8 Å². The molecular weight excluding hydrogens is 456 g/mol. The molecule has 0 fully saturated rings. The number of aliphatic imine (C=N–C) groups is 1. The van der Waals surface area contributed by atoms with Gasteiger partial charge in [-0.1, -0.05) is 24.3 Å². The summed E-state index contributed by atoms with van der Waals surface area (Å²) in [4.78, 5) is 18.3. The molecule has 1 amide bonds. The van der Waals surface area contributed by atoms with Gasteiger partial charge < -0.3 is 25.0 Å². The van der Waals surface area contributed by atoms with Crippen LogP contribution in [0.25, 0.3) is 6.08 Å². The number of amides is 1. The number of nitrogens with zero attached hydrogens (tertiary/aromatic N) is 3. The molecule has 2 aromatic carbocycles. The predicted molar refractivity (Wildman–Crippen MR) is 144 cm³/mol. The highest BCUT2D eigenvalue weighted by Crippen LogP contribution is 2.22. The fourth-order valence-corrected chi connectivity index (χ4v) is 3.40. The first-order valence-corrected chi connectivity index (χ1v) is 11.8. The molecule has 0 saturated carbocycles. The topological polar surface area (TPSA) is 111 Å². The minimum atomic E-state index is 0.00189. The maximum Gasteiger partial charge on any atom is 0.223 e. The molecule has 0 spiro atoms. The first-order chi connectivity index (χ1) is 17.5. The normalized spacial score (nSPS) is 11.3. The molecule has 0 atom stereocenters. The van der Waals surface area contributed by atoms with Gasteiger partial charge in [-0.25, -0.2) is 0 Å². The second-order valence-electron chi connectivity index (χ2n) is 8.14. The second kappa shape index (κ2) is 15.8. The number of hydrogen-bond acceptors (Lipinski definition) is 6. The van der Waals surface area contributed by atoms with Crippen LogP contribution in [-0.2, 0) is 11.2 Å². The van der Waals surface area contributed by atoms with Crippen LogP contribution < -0.4 is 25.4 Å². The lowest BCUT2D eigenvalue weighted by atomic mass is 10.1. The monoisotopic (exact) mass is 492 g/mol. The lowest BCUT2D eigenvalue weighted by Gasteiger charge is -2.17. The van der Waals surface area contributed by atoms with Crippen molar-refractivity contribution in [3.05, 3.63) is 59.7 Å². The Morgan fingerprint density at radius 2 is 1.81 bits per heavy atom. The minimum absolute atomic E-state index is 0.00189. The summed E-state index contributed by atoms with van der Waals surface area (Å²) in [5.74, 6) is 1.97. The highest BCUT2D eigenvalue weighted by atomic mass is 16.5. The predicted octanol–water partition coefficient (Wildman–Crippen LogP) is 3.26. The molecule has 0 unspecified atom stereocenters. The van der Waals surface area contributed by atoms with E-state index in [1.54, 1.807) is 21.3 Å². The summed E-state index contributed by atoms with van der Waals surface area (Å²) in [6, 6.07) is 13.5. The van der Waals surface area contributed by atoms with Crippen LogP contribution in [0, 0.1) is 11.5 Å². The quantitative estimate of drug-likeness (QED) is 0.129. The molecule has 0 aliphatic rings. The summed E-state index contributed by atoms with van der Waals surface area (Å²) in [5.41, 5.74) is 2.95. The lowest BCUT2D eigenvalue weighted by molar-refractivity contribution is -0.120. The molecule has 0 aliphatic carbocycles. The van der Waals surface area contributed by atoms with Crippen LogP contribution in [0.4, 0.5) is 5.69 Å². The van der Waals surface area contributed by atoms with E-state index in [1.165, 1.54) is 5.56 Å². The molecule has 36 heavy (non-hydrogen) atoms. The lowest BCUT2D eigenvalue weighted by Crippen LogP contribution is -2.28. The molecule has 2 aromatic rings. The third-order valence-electron chi connectivity index (χ3n) is 5.42. The molecule has 3 N–H and O–H groups in total. The van der Waals surface area contributed by atoms with Gasteiger partial charge in [-0.15, -0.1) is 0 Å². The summed E-state index contributed by atoms with van der Waals surface area (Å²) in [7, 11) is 6.98. The van der Waals surface area contributed by atoms with E-state index in [2.05, 4.69) is 32.9 Å². The van der Waals surface area contributed by atoms with Crippen molar-refractivity contribution in [3.8, 4) is 17.7 Å². The zero-order valence-corrected chi connectivity index (χ0v) is 21.5. The zero-order chi connectivity index (χ0) is 26.2. The standard InChI is InChI=1S/C27H36N6O3/c1-29-27(31-20-28)32-23-11-9-21(10-12-23)7-5-8-26(34)30-14-6-15-33(2)16-13-22-17-24(35-3)19-25(18-22)36-4/h5,7,9-12,17-19H,6,8,13-16H2,1-4H3,(H,30,34)(H2,29,31,32). The van der Waals surface area contributed by atoms with Crippen molar-refractivity contribution in [3.63, 3.8) is 0 Å². The molecular formula is C27H36N6O3. The van der Waals surface area contributed by atoms with Crippen LogP contribution in [0.2, 0.25) is 0 Å². The Balaban J connectivity index is 1.64. The third-order valence-corrected chi connectivity index (χ3v) is 5.42. The number of guanidine groups is 1. The van der Waals surface area contributed by atoms with Crippen LogP contribution in [0.15, 0.2) is 53.5 Å². The van der Waals surface area contributed by atoms with Gasteiger partial charge >= 0.3 is 0 Å². The molecule has 9 nitrogen and oxygen atoms in total. The minimum Gasteiger partial charge on any atom is -0.497 e. The van der Waals surface area contributed by atoms with E-state index in [9.17, 15) is 4.79 Å². The number of ether oxygens (including phenoxy) is 2. The summed E-state index contributed by atoms with van der Waals surface area (Å²) in [6.07, 6.45) is 7.69. The van der Waals surface area contributed by atoms with Crippen molar-refractivity contribution >= 4 is 23.6 Å². The Labute approximate surface area is 213 Å². The Morgan fingerprint density at radius 1 is 1.11 bits per heavy atom. The first-order valence-electron chi connectivity index (χ1n) is 11.8. The van der Waals surface area contributed by atoms with Crippen LogP contribution >= 0.6 is 0 Å². The molecule has 0 aliphatic heterocycles. The van der Waals surface area contributed by atoms with Crippen LogP contribution in [-0.4, -0.2) is 64.7 Å². The van der Waals surface area contributed by atoms with Gasteiger partial charge in [0, 0.05) is 38.3 Å². The summed E-state index contributed by atoms with van der Waals surface area (Å²) >= 11 is 0. The summed E-state index contributed by atoms with van der Waals surface area (Å²) in [5, 5.41) is 17.1. The molecule has 0 bridgehead atoms. The number of likely N-dealkylation sites (N-methyl/N-ethyl adjacent to an activating group) is 1. The molecule has 0 saturated heterocycles. The molecule has 2 rings (SSSR count). The largest absolute Gasteiger partial charge is 0.497 e. The number of anilines is 1. The Morgan fingerprint density at radius 3 is 2.42 bits per heavy atom. The summed E-state index contributed by atoms with van der Waals surface area (Å²) in [6.45, 7) is 2.44. The van der Waals surface area contributed by atoms with E-state index < -0.39 is 0 Å². The smallest absolute Gasteiger partial charge is 0.223 e. The van der Waals surface area contributed by atoms with E-state index in [0.29, 0.717) is 18.9 Å². The van der Waals surface area contributed by atoms with Crippen LogP contribution in [0.5, 0.6) is 11.5 Å². The average Bonchev–Trinajstić information content (AvgIpc) is 2.90. The number of nitriles is 1. The van der Waals surface area contributed by atoms with Crippen LogP contribution in [0.3, 0.4) is 0 Å². The SMILES string of the molecule is CN=C(NC#N)Nc1ccc(C=CCC(=O)NCCCN(C)CCc2cc(OC)cc(OC)c2)cc1. The van der Waals surface area contributed by atoms with Crippen molar-refractivity contribution < 1.29 is 14.3 Å². The number of carbonyl (C=O) groups is 1.